The average Bonchev–Trinajstić information content (AvgIpc) is 3.33. The number of para-hydroxylation sites is 2. The lowest BCUT2D eigenvalue weighted by atomic mass is 10.2. The van der Waals surface area contributed by atoms with Crippen molar-refractivity contribution < 1.29 is 26.0 Å². The molecule has 186 valence electrons. The number of halogens is 2. The van der Waals surface area contributed by atoms with Gasteiger partial charge >= 0.3 is 0 Å². The first-order chi connectivity index (χ1) is 16.6. The van der Waals surface area contributed by atoms with Gasteiger partial charge in [0.1, 0.15) is 21.4 Å². The number of benzene rings is 3. The molecule has 1 heterocycles. The molecule has 0 aliphatic carbocycles. The van der Waals surface area contributed by atoms with E-state index >= 15 is 0 Å². The number of anilines is 3. The second-order valence-corrected chi connectivity index (χ2v) is 11.6. The van der Waals surface area contributed by atoms with Crippen LogP contribution in [0.4, 0.5) is 21.5 Å². The first-order valence-corrected chi connectivity index (χ1v) is 14.0. The van der Waals surface area contributed by atoms with Crippen LogP contribution < -0.4 is 19.1 Å². The fourth-order valence-corrected chi connectivity index (χ4v) is 6.44. The van der Waals surface area contributed by atoms with Gasteiger partial charge in [-0.2, -0.15) is 0 Å². The second kappa shape index (κ2) is 9.92. The van der Waals surface area contributed by atoms with Crippen LogP contribution in [0.15, 0.2) is 70.5 Å². The average molecular weight is 540 g/mol. The van der Waals surface area contributed by atoms with Gasteiger partial charge in [0.2, 0.25) is 0 Å². The highest BCUT2D eigenvalue weighted by atomic mass is 35.5. The number of methoxy groups -OCH3 is 1. The summed E-state index contributed by atoms with van der Waals surface area (Å²) in [5.74, 6) is -0.696. The van der Waals surface area contributed by atoms with Crippen molar-refractivity contribution >= 4 is 48.7 Å². The maximum absolute atomic E-state index is 14.3. The van der Waals surface area contributed by atoms with Crippen LogP contribution in [0.25, 0.3) is 0 Å². The summed E-state index contributed by atoms with van der Waals surface area (Å²) in [5.41, 5.74) is 0.629. The lowest BCUT2D eigenvalue weighted by molar-refractivity contribution is 0.417. The summed E-state index contributed by atoms with van der Waals surface area (Å²) >= 11 is 5.72. The number of hydrogen-bond acceptors (Lipinski definition) is 6. The summed E-state index contributed by atoms with van der Waals surface area (Å²) in [6.07, 6.45) is 1.81. The van der Waals surface area contributed by atoms with E-state index in [1.807, 2.05) is 4.90 Å². The predicted octanol–water partition coefficient (Wildman–Crippen LogP) is 4.69. The van der Waals surface area contributed by atoms with E-state index in [4.69, 9.17) is 16.3 Å². The Morgan fingerprint density at radius 1 is 0.886 bits per heavy atom. The Balaban J connectivity index is 1.75. The molecule has 0 bridgehead atoms. The number of nitrogens with zero attached hydrogens (tertiary/aromatic N) is 1. The molecule has 3 aromatic carbocycles. The number of hydrogen-bond donors (Lipinski definition) is 2. The van der Waals surface area contributed by atoms with Crippen LogP contribution in [-0.2, 0) is 20.0 Å². The molecule has 0 atom stereocenters. The molecule has 1 aliphatic rings. The van der Waals surface area contributed by atoms with Gasteiger partial charge in [0.15, 0.2) is 0 Å². The fraction of sp³-hybridized carbons (Fsp3) is 0.217. The van der Waals surface area contributed by atoms with Gasteiger partial charge in [-0.05, 0) is 61.4 Å². The monoisotopic (exact) mass is 539 g/mol. The highest BCUT2D eigenvalue weighted by Crippen LogP contribution is 2.34. The van der Waals surface area contributed by atoms with Crippen LogP contribution in [0.3, 0.4) is 0 Å². The van der Waals surface area contributed by atoms with Gasteiger partial charge < -0.3 is 9.64 Å². The van der Waals surface area contributed by atoms with Gasteiger partial charge in [-0.25, -0.2) is 21.2 Å². The molecule has 3 aromatic rings. The standard InChI is InChI=1S/C23H23ClFN3O5S2/c1-33-21-7-3-2-6-19(21)27-35(31,32)23-15-17(9-10-20(23)28-12-4-5-13-28)26-34(29,30)22-11-8-16(24)14-18(22)25/h2-3,6-11,14-15,26-27H,4-5,12-13H2,1H3. The fourth-order valence-electron chi connectivity index (χ4n) is 3.84. The summed E-state index contributed by atoms with van der Waals surface area (Å²) in [7, 11) is -7.10. The van der Waals surface area contributed by atoms with E-state index in [9.17, 15) is 21.2 Å². The quantitative estimate of drug-likeness (QED) is 0.430. The van der Waals surface area contributed by atoms with Gasteiger partial charge in [0.25, 0.3) is 20.0 Å². The molecule has 12 heteroatoms. The Labute approximate surface area is 208 Å². The summed E-state index contributed by atoms with van der Waals surface area (Å²) in [4.78, 5) is 1.19. The van der Waals surface area contributed by atoms with Crippen molar-refractivity contribution in [3.63, 3.8) is 0 Å². The van der Waals surface area contributed by atoms with Crippen molar-refractivity contribution in [2.45, 2.75) is 22.6 Å². The first kappa shape index (κ1) is 25.1. The van der Waals surface area contributed by atoms with Crippen molar-refractivity contribution in [1.82, 2.24) is 0 Å². The van der Waals surface area contributed by atoms with Gasteiger partial charge in [0, 0.05) is 18.1 Å². The Hall–Kier alpha value is -3.02. The molecule has 1 fully saturated rings. The maximum Gasteiger partial charge on any atom is 0.264 e. The van der Waals surface area contributed by atoms with E-state index in [0.717, 1.165) is 25.0 Å². The molecule has 0 unspecified atom stereocenters. The van der Waals surface area contributed by atoms with Gasteiger partial charge in [-0.1, -0.05) is 23.7 Å². The smallest absolute Gasteiger partial charge is 0.264 e. The Kier molecular flexibility index (Phi) is 7.11. The predicted molar refractivity (Wildman–Crippen MR) is 134 cm³/mol. The molecular formula is C23H23ClFN3O5S2. The van der Waals surface area contributed by atoms with Crippen molar-refractivity contribution in [2.75, 3.05) is 34.5 Å². The van der Waals surface area contributed by atoms with Crippen LogP contribution in [0.5, 0.6) is 5.75 Å². The lowest BCUT2D eigenvalue weighted by Crippen LogP contribution is -2.23. The Morgan fingerprint density at radius 3 is 2.26 bits per heavy atom. The van der Waals surface area contributed by atoms with Crippen LogP contribution in [0.2, 0.25) is 5.02 Å². The van der Waals surface area contributed by atoms with Crippen molar-refractivity contribution in [2.24, 2.45) is 0 Å². The lowest BCUT2D eigenvalue weighted by Gasteiger charge is -2.23. The van der Waals surface area contributed by atoms with E-state index in [1.165, 1.54) is 31.4 Å². The van der Waals surface area contributed by atoms with Gasteiger partial charge in [-0.15, -0.1) is 0 Å². The Bertz CT molecular complexity index is 1460. The normalized spacial score (nSPS) is 14.1. The number of sulfonamides is 2. The zero-order chi connectivity index (χ0) is 25.2. The molecule has 8 nitrogen and oxygen atoms in total. The third kappa shape index (κ3) is 5.47. The minimum Gasteiger partial charge on any atom is -0.495 e. The first-order valence-electron chi connectivity index (χ1n) is 10.6. The van der Waals surface area contributed by atoms with Crippen LogP contribution in [0, 0.1) is 5.82 Å². The minimum absolute atomic E-state index is 0.0392. The van der Waals surface area contributed by atoms with Crippen LogP contribution in [-0.4, -0.2) is 37.0 Å². The summed E-state index contributed by atoms with van der Waals surface area (Å²) in [5, 5.41) is 0.0483. The summed E-state index contributed by atoms with van der Waals surface area (Å²) in [6, 6.07) is 13.9. The number of ether oxygens (including phenoxy) is 1. The SMILES string of the molecule is COc1ccccc1NS(=O)(=O)c1cc(NS(=O)(=O)c2ccc(Cl)cc2F)ccc1N1CCCC1. The number of rotatable bonds is 8. The topological polar surface area (TPSA) is 105 Å². The molecule has 1 saturated heterocycles. The molecular weight excluding hydrogens is 517 g/mol. The molecule has 0 radical (unpaired) electrons. The van der Waals surface area contributed by atoms with E-state index in [2.05, 4.69) is 9.44 Å². The van der Waals surface area contributed by atoms with Gasteiger partial charge in [0.05, 0.1) is 24.2 Å². The zero-order valence-corrected chi connectivity index (χ0v) is 21.1. The zero-order valence-electron chi connectivity index (χ0n) is 18.7. The minimum atomic E-state index is -4.36. The summed E-state index contributed by atoms with van der Waals surface area (Å²) < 4.78 is 76.9. The molecule has 4 rings (SSSR count). The van der Waals surface area contributed by atoms with Crippen LogP contribution >= 0.6 is 11.6 Å². The highest BCUT2D eigenvalue weighted by molar-refractivity contribution is 7.93. The molecule has 0 spiro atoms. The molecule has 0 amide bonds. The Morgan fingerprint density at radius 2 is 1.57 bits per heavy atom. The third-order valence-corrected chi connectivity index (χ3v) is 8.53. The molecule has 0 aromatic heterocycles. The maximum atomic E-state index is 14.3. The third-order valence-electron chi connectivity index (χ3n) is 5.48. The highest BCUT2D eigenvalue weighted by Gasteiger charge is 2.27. The van der Waals surface area contributed by atoms with E-state index in [1.54, 1.807) is 24.3 Å². The van der Waals surface area contributed by atoms with Crippen molar-refractivity contribution in [1.29, 1.82) is 0 Å². The molecule has 1 aliphatic heterocycles. The van der Waals surface area contributed by atoms with Crippen molar-refractivity contribution in [3.05, 3.63) is 71.5 Å². The molecule has 2 N–H and O–H groups in total. The van der Waals surface area contributed by atoms with E-state index in [-0.39, 0.29) is 21.3 Å². The second-order valence-electron chi connectivity index (χ2n) is 7.86. The van der Waals surface area contributed by atoms with E-state index in [0.29, 0.717) is 24.5 Å². The largest absolute Gasteiger partial charge is 0.495 e. The van der Waals surface area contributed by atoms with Gasteiger partial charge in [-0.3, -0.25) is 9.44 Å². The number of nitrogens with one attached hydrogen (secondary N) is 2. The van der Waals surface area contributed by atoms with E-state index < -0.39 is 30.8 Å². The summed E-state index contributed by atoms with van der Waals surface area (Å²) in [6.45, 7) is 1.33. The van der Waals surface area contributed by atoms with Crippen molar-refractivity contribution in [3.8, 4) is 5.75 Å². The molecule has 0 saturated carbocycles. The molecule has 35 heavy (non-hydrogen) atoms. The van der Waals surface area contributed by atoms with Crippen LogP contribution in [0.1, 0.15) is 12.8 Å².